The molecular weight excluding hydrogens is 428 g/mol. The van der Waals surface area contributed by atoms with Crippen molar-refractivity contribution in [1.82, 2.24) is 4.57 Å². The van der Waals surface area contributed by atoms with Crippen LogP contribution in [0.3, 0.4) is 0 Å². The van der Waals surface area contributed by atoms with Crippen LogP contribution in [-0.2, 0) is 14.3 Å². The largest absolute Gasteiger partial charge is 0.466 e. The molecule has 3 aromatic rings. The Balaban J connectivity index is 1.88. The number of methoxy groups -OCH3 is 2. The standard InChI is InChI=1S/C24H20N2O5S/c1-14-19(23(29)31-3)20(16-7-5-4-6-8-16)26-21(27)18(32-24(26)25-14)13-15-9-11-17(12-10-15)22(28)30-2/h4-13,20H,1-3H3/t20-/m1/s1. The van der Waals surface area contributed by atoms with E-state index in [-0.39, 0.29) is 5.56 Å². The molecule has 0 aliphatic carbocycles. The number of aromatic nitrogens is 1. The average Bonchev–Trinajstić information content (AvgIpc) is 3.12. The van der Waals surface area contributed by atoms with Gasteiger partial charge in [-0.1, -0.05) is 53.8 Å². The number of esters is 2. The van der Waals surface area contributed by atoms with E-state index in [1.807, 2.05) is 30.3 Å². The van der Waals surface area contributed by atoms with E-state index in [9.17, 15) is 14.4 Å². The Morgan fingerprint density at radius 2 is 1.66 bits per heavy atom. The fourth-order valence-electron chi connectivity index (χ4n) is 3.63. The lowest BCUT2D eigenvalue weighted by Crippen LogP contribution is -2.39. The maximum Gasteiger partial charge on any atom is 0.338 e. The van der Waals surface area contributed by atoms with Gasteiger partial charge in [0.1, 0.15) is 0 Å². The number of carbonyl (C=O) groups is 2. The molecular formula is C24H20N2O5S. The van der Waals surface area contributed by atoms with Crippen LogP contribution in [0.15, 0.2) is 75.7 Å². The number of ether oxygens (including phenoxy) is 2. The number of fused-ring (bicyclic) bond motifs is 1. The van der Waals surface area contributed by atoms with Crippen LogP contribution in [0.2, 0.25) is 0 Å². The molecule has 0 bridgehead atoms. The average molecular weight is 449 g/mol. The fraction of sp³-hybridized carbons (Fsp3) is 0.167. The van der Waals surface area contributed by atoms with Crippen LogP contribution in [0.25, 0.3) is 6.08 Å². The van der Waals surface area contributed by atoms with E-state index in [1.165, 1.54) is 30.1 Å². The molecule has 1 aromatic heterocycles. The van der Waals surface area contributed by atoms with Gasteiger partial charge < -0.3 is 9.47 Å². The Hall–Kier alpha value is -3.78. The van der Waals surface area contributed by atoms with Gasteiger partial charge in [0.15, 0.2) is 4.80 Å². The Kier molecular flexibility index (Phi) is 5.87. The summed E-state index contributed by atoms with van der Waals surface area (Å²) in [4.78, 5) is 42.7. The molecule has 2 aromatic carbocycles. The van der Waals surface area contributed by atoms with Crippen molar-refractivity contribution in [2.75, 3.05) is 14.2 Å². The van der Waals surface area contributed by atoms with Crippen LogP contribution in [0.1, 0.15) is 34.5 Å². The lowest BCUT2D eigenvalue weighted by atomic mass is 9.96. The predicted octanol–water partition coefficient (Wildman–Crippen LogP) is 2.19. The Morgan fingerprint density at radius 3 is 2.28 bits per heavy atom. The summed E-state index contributed by atoms with van der Waals surface area (Å²) >= 11 is 1.25. The first-order valence-electron chi connectivity index (χ1n) is 9.78. The number of rotatable bonds is 4. The molecule has 2 heterocycles. The van der Waals surface area contributed by atoms with Crippen molar-refractivity contribution in [2.24, 2.45) is 4.99 Å². The maximum atomic E-state index is 13.4. The molecule has 7 nitrogen and oxygen atoms in total. The molecule has 0 radical (unpaired) electrons. The molecule has 0 fully saturated rings. The second-order valence-electron chi connectivity index (χ2n) is 7.10. The van der Waals surface area contributed by atoms with Crippen LogP contribution in [0, 0.1) is 0 Å². The van der Waals surface area contributed by atoms with Gasteiger partial charge in [0.25, 0.3) is 5.56 Å². The Bertz CT molecular complexity index is 1400. The van der Waals surface area contributed by atoms with Crippen molar-refractivity contribution in [2.45, 2.75) is 13.0 Å². The van der Waals surface area contributed by atoms with Gasteiger partial charge >= 0.3 is 11.9 Å². The highest BCUT2D eigenvalue weighted by Gasteiger charge is 2.32. The second-order valence-corrected chi connectivity index (χ2v) is 8.11. The molecule has 0 unspecified atom stereocenters. The zero-order valence-electron chi connectivity index (χ0n) is 17.7. The highest BCUT2D eigenvalue weighted by molar-refractivity contribution is 7.07. The van der Waals surface area contributed by atoms with Gasteiger partial charge in [-0.25, -0.2) is 14.6 Å². The summed E-state index contributed by atoms with van der Waals surface area (Å²) in [6.07, 6.45) is 1.74. The summed E-state index contributed by atoms with van der Waals surface area (Å²) in [5.74, 6) is -0.947. The molecule has 1 aliphatic heterocycles. The third-order valence-electron chi connectivity index (χ3n) is 5.17. The number of hydrogen-bond donors (Lipinski definition) is 0. The smallest absolute Gasteiger partial charge is 0.338 e. The van der Waals surface area contributed by atoms with Gasteiger partial charge in [-0.2, -0.15) is 0 Å². The van der Waals surface area contributed by atoms with Crippen molar-refractivity contribution >= 4 is 29.4 Å². The van der Waals surface area contributed by atoms with Gasteiger partial charge in [0.2, 0.25) is 0 Å². The highest BCUT2D eigenvalue weighted by Crippen LogP contribution is 2.30. The number of nitrogens with zero attached hydrogens (tertiary/aromatic N) is 2. The van der Waals surface area contributed by atoms with Gasteiger partial charge in [-0.05, 0) is 36.3 Å². The van der Waals surface area contributed by atoms with Crippen molar-refractivity contribution < 1.29 is 19.1 Å². The van der Waals surface area contributed by atoms with E-state index < -0.39 is 18.0 Å². The first-order valence-corrected chi connectivity index (χ1v) is 10.6. The molecule has 1 atom stereocenters. The summed E-state index contributed by atoms with van der Waals surface area (Å²) in [5, 5.41) is 0. The molecule has 162 valence electrons. The summed E-state index contributed by atoms with van der Waals surface area (Å²) in [5.41, 5.74) is 2.56. The number of thiazole rings is 1. The minimum Gasteiger partial charge on any atom is -0.466 e. The monoisotopic (exact) mass is 448 g/mol. The van der Waals surface area contributed by atoms with E-state index in [0.717, 1.165) is 11.1 Å². The lowest BCUT2D eigenvalue weighted by molar-refractivity contribution is -0.136. The molecule has 32 heavy (non-hydrogen) atoms. The normalized spacial score (nSPS) is 15.7. The van der Waals surface area contributed by atoms with E-state index >= 15 is 0 Å². The van der Waals surface area contributed by atoms with Crippen LogP contribution < -0.4 is 14.9 Å². The van der Waals surface area contributed by atoms with Gasteiger partial charge in [-0.3, -0.25) is 9.36 Å². The topological polar surface area (TPSA) is 87.0 Å². The molecule has 0 amide bonds. The molecule has 0 saturated carbocycles. The van der Waals surface area contributed by atoms with E-state index in [1.54, 1.807) is 37.3 Å². The minimum atomic E-state index is -0.635. The quantitative estimate of drug-likeness (QED) is 0.571. The first kappa shape index (κ1) is 21.5. The predicted molar refractivity (Wildman–Crippen MR) is 120 cm³/mol. The molecule has 8 heteroatoms. The number of carbonyl (C=O) groups excluding carboxylic acids is 2. The van der Waals surface area contributed by atoms with Gasteiger partial charge in [0, 0.05) is 0 Å². The SMILES string of the molecule is COC(=O)C1=C(C)N=c2sc(=Cc3ccc(C(=O)OC)cc3)c(=O)n2[C@@H]1c1ccccc1. The zero-order chi connectivity index (χ0) is 22.8. The first-order chi connectivity index (χ1) is 15.4. The lowest BCUT2D eigenvalue weighted by Gasteiger charge is -2.24. The third kappa shape index (κ3) is 3.80. The van der Waals surface area contributed by atoms with E-state index in [2.05, 4.69) is 4.99 Å². The van der Waals surface area contributed by atoms with Crippen LogP contribution in [-0.4, -0.2) is 30.7 Å². The van der Waals surface area contributed by atoms with Crippen molar-refractivity contribution in [1.29, 1.82) is 0 Å². The Morgan fingerprint density at radius 1 is 1.00 bits per heavy atom. The van der Waals surface area contributed by atoms with Crippen LogP contribution in [0.5, 0.6) is 0 Å². The molecule has 0 spiro atoms. The summed E-state index contributed by atoms with van der Waals surface area (Å²) in [6.45, 7) is 1.74. The molecule has 1 aliphatic rings. The summed E-state index contributed by atoms with van der Waals surface area (Å²) in [6, 6.07) is 15.5. The van der Waals surface area contributed by atoms with E-state index in [4.69, 9.17) is 9.47 Å². The van der Waals surface area contributed by atoms with Crippen molar-refractivity contribution in [3.8, 4) is 0 Å². The summed E-state index contributed by atoms with van der Waals surface area (Å²) in [7, 11) is 2.64. The molecule has 0 N–H and O–H groups in total. The zero-order valence-corrected chi connectivity index (χ0v) is 18.5. The second kappa shape index (κ2) is 8.76. The minimum absolute atomic E-state index is 0.256. The highest BCUT2D eigenvalue weighted by atomic mass is 32.1. The van der Waals surface area contributed by atoms with Gasteiger partial charge in [-0.15, -0.1) is 0 Å². The van der Waals surface area contributed by atoms with Crippen LogP contribution in [0.4, 0.5) is 0 Å². The van der Waals surface area contributed by atoms with E-state index in [0.29, 0.717) is 26.2 Å². The maximum absolute atomic E-state index is 13.4. The third-order valence-corrected chi connectivity index (χ3v) is 6.15. The number of benzene rings is 2. The van der Waals surface area contributed by atoms with Crippen molar-refractivity contribution in [3.63, 3.8) is 0 Å². The summed E-state index contributed by atoms with van der Waals surface area (Å²) < 4.78 is 11.7. The Labute approximate surface area is 187 Å². The number of hydrogen-bond acceptors (Lipinski definition) is 7. The fourth-order valence-corrected chi connectivity index (χ4v) is 4.67. The van der Waals surface area contributed by atoms with Crippen molar-refractivity contribution in [3.05, 3.63) is 102 Å². The number of allylic oxidation sites excluding steroid dienone is 1. The van der Waals surface area contributed by atoms with Crippen LogP contribution >= 0.6 is 11.3 Å². The molecule has 0 saturated heterocycles. The molecule has 4 rings (SSSR count). The van der Waals surface area contributed by atoms with Gasteiger partial charge in [0.05, 0.1) is 41.6 Å².